The topological polar surface area (TPSA) is 86.7 Å². The van der Waals surface area contributed by atoms with Crippen molar-refractivity contribution in [2.24, 2.45) is 0 Å². The number of esters is 4. The van der Waals surface area contributed by atoms with E-state index in [1.807, 2.05) is 19.1 Å². The summed E-state index contributed by atoms with van der Waals surface area (Å²) in [6, 6.07) is 10.4. The van der Waals surface area contributed by atoms with Crippen LogP contribution in [0.4, 0.5) is 0 Å². The first-order valence-electron chi connectivity index (χ1n) is 9.80. The van der Waals surface area contributed by atoms with Gasteiger partial charge < -0.3 is 9.47 Å². The molecule has 2 aliphatic heterocycles. The average Bonchev–Trinajstić information content (AvgIpc) is 2.75. The van der Waals surface area contributed by atoms with Crippen molar-refractivity contribution in [1.82, 2.24) is 0 Å². The van der Waals surface area contributed by atoms with Crippen LogP contribution in [0.15, 0.2) is 40.9 Å². The first-order valence-corrected chi connectivity index (χ1v) is 10.6. The van der Waals surface area contributed by atoms with E-state index in [4.69, 9.17) is 9.47 Å². The highest BCUT2D eigenvalue weighted by atomic mass is 79.9. The van der Waals surface area contributed by atoms with Crippen molar-refractivity contribution in [2.75, 3.05) is 0 Å². The summed E-state index contributed by atoms with van der Waals surface area (Å²) in [4.78, 5) is 50.0. The van der Waals surface area contributed by atoms with Gasteiger partial charge in [0, 0.05) is 26.0 Å². The predicted molar refractivity (Wildman–Crippen MR) is 120 cm³/mol. The van der Waals surface area contributed by atoms with Gasteiger partial charge in [-0.3, -0.25) is 0 Å². The lowest BCUT2D eigenvalue weighted by Gasteiger charge is -2.24. The summed E-state index contributed by atoms with van der Waals surface area (Å²) in [5, 5.41) is 5.94. The molecule has 0 spiro atoms. The summed E-state index contributed by atoms with van der Waals surface area (Å²) in [5.41, 5.74) is 2.15. The molecule has 7 rings (SSSR count). The fraction of sp³-hybridized carbons (Fsp3) is 0.0400. The van der Waals surface area contributed by atoms with Gasteiger partial charge in [-0.05, 0) is 58.3 Å². The first kappa shape index (κ1) is 17.8. The van der Waals surface area contributed by atoms with Gasteiger partial charge in [-0.2, -0.15) is 0 Å². The number of carbonyl (C=O) groups is 4. The molecule has 0 radical (unpaired) electrons. The number of ether oxygens (including phenoxy) is 2. The third-order valence-electron chi connectivity index (χ3n) is 6.50. The van der Waals surface area contributed by atoms with Gasteiger partial charge >= 0.3 is 23.9 Å². The Kier molecular flexibility index (Phi) is 3.06. The zero-order valence-corrected chi connectivity index (χ0v) is 17.9. The smallest absolute Gasteiger partial charge is 0.346 e. The molecule has 0 aliphatic carbocycles. The van der Waals surface area contributed by atoms with Gasteiger partial charge in [0.25, 0.3) is 0 Å². The normalized spacial score (nSPS) is 15.3. The second kappa shape index (κ2) is 5.49. The van der Waals surface area contributed by atoms with Gasteiger partial charge in [-0.1, -0.05) is 28.1 Å². The van der Waals surface area contributed by atoms with Crippen LogP contribution in [0.2, 0.25) is 0 Å². The van der Waals surface area contributed by atoms with Gasteiger partial charge in [0.1, 0.15) is 0 Å². The SMILES string of the molecule is Cc1cc2c3c(cc(Br)c4c5ccc6c7c(ccc(c1c34)c75)C(=O)OC6=O)C(=O)OC2=O. The lowest BCUT2D eigenvalue weighted by atomic mass is 9.82. The van der Waals surface area contributed by atoms with E-state index in [1.54, 1.807) is 24.3 Å². The van der Waals surface area contributed by atoms with Crippen molar-refractivity contribution in [3.05, 3.63) is 68.7 Å². The monoisotopic (exact) mass is 484 g/mol. The van der Waals surface area contributed by atoms with Crippen molar-refractivity contribution in [3.63, 3.8) is 0 Å². The van der Waals surface area contributed by atoms with Crippen LogP contribution in [0.1, 0.15) is 47.0 Å². The maximum absolute atomic E-state index is 12.5. The van der Waals surface area contributed by atoms with Crippen LogP contribution < -0.4 is 0 Å². The lowest BCUT2D eigenvalue weighted by Crippen LogP contribution is -2.21. The summed E-state index contributed by atoms with van der Waals surface area (Å²) in [7, 11) is 0. The molecule has 7 heteroatoms. The van der Waals surface area contributed by atoms with Crippen LogP contribution in [0, 0.1) is 6.92 Å². The standard InChI is InChI=1S/C25H9BrO6/c1-8-6-13-19-14(25(30)32-24(13)29)7-15(26)20-10-3-5-12-18-11(22(27)31-23(12)28)4-2-9(17(10)18)16(8)21(19)20/h2-7H,1H3. The zero-order chi connectivity index (χ0) is 22.0. The molecule has 2 heterocycles. The molecule has 0 saturated heterocycles. The van der Waals surface area contributed by atoms with E-state index < -0.39 is 23.9 Å². The molecule has 0 unspecified atom stereocenters. The Bertz CT molecular complexity index is 1690. The number of halogens is 1. The van der Waals surface area contributed by atoms with Crippen LogP contribution in [-0.2, 0) is 9.47 Å². The van der Waals surface area contributed by atoms with Crippen LogP contribution >= 0.6 is 15.9 Å². The minimum absolute atomic E-state index is 0.319. The number of cyclic esters (lactones) is 4. The summed E-state index contributed by atoms with van der Waals surface area (Å²) in [5.74, 6) is -2.71. The van der Waals surface area contributed by atoms with Gasteiger partial charge in [-0.25, -0.2) is 19.2 Å². The van der Waals surface area contributed by atoms with Gasteiger partial charge in [0.2, 0.25) is 0 Å². The number of hydrogen-bond donors (Lipinski definition) is 0. The minimum Gasteiger partial charge on any atom is -0.386 e. The Morgan fingerprint density at radius 1 is 0.562 bits per heavy atom. The van der Waals surface area contributed by atoms with E-state index in [-0.39, 0.29) is 0 Å². The lowest BCUT2D eigenvalue weighted by molar-refractivity contribution is 0.0373. The van der Waals surface area contributed by atoms with Crippen LogP contribution in [-0.4, -0.2) is 23.9 Å². The van der Waals surface area contributed by atoms with Crippen LogP contribution in [0.3, 0.4) is 0 Å². The molecule has 2 aliphatic rings. The van der Waals surface area contributed by atoms with E-state index >= 15 is 0 Å². The third-order valence-corrected chi connectivity index (χ3v) is 7.13. The quantitative estimate of drug-likeness (QED) is 0.126. The molecule has 0 fully saturated rings. The molecule has 152 valence electrons. The minimum atomic E-state index is -0.686. The fourth-order valence-corrected chi connectivity index (χ4v) is 5.95. The van der Waals surface area contributed by atoms with Gasteiger partial charge in [0.15, 0.2) is 0 Å². The van der Waals surface area contributed by atoms with Gasteiger partial charge in [-0.15, -0.1) is 0 Å². The molecule has 0 bridgehead atoms. The molecule has 5 aromatic carbocycles. The Balaban J connectivity index is 1.88. The molecule has 0 aromatic heterocycles. The number of rotatable bonds is 0. The van der Waals surface area contributed by atoms with Gasteiger partial charge in [0.05, 0.1) is 22.3 Å². The fourth-order valence-electron chi connectivity index (χ4n) is 5.31. The molecule has 6 nitrogen and oxygen atoms in total. The summed E-state index contributed by atoms with van der Waals surface area (Å²) >= 11 is 3.61. The van der Waals surface area contributed by atoms with E-state index in [9.17, 15) is 19.2 Å². The van der Waals surface area contributed by atoms with Crippen LogP contribution in [0.5, 0.6) is 0 Å². The third kappa shape index (κ3) is 1.87. The van der Waals surface area contributed by atoms with Crippen molar-refractivity contribution in [1.29, 1.82) is 0 Å². The Morgan fingerprint density at radius 2 is 1.06 bits per heavy atom. The summed E-state index contributed by atoms with van der Waals surface area (Å²) in [6.45, 7) is 1.89. The summed E-state index contributed by atoms with van der Waals surface area (Å²) in [6.07, 6.45) is 0. The van der Waals surface area contributed by atoms with Crippen LogP contribution in [0.25, 0.3) is 43.1 Å². The second-order valence-corrected chi connectivity index (χ2v) is 8.93. The number of fused-ring (bicyclic) bond motifs is 2. The number of benzene rings is 5. The molecule has 32 heavy (non-hydrogen) atoms. The second-order valence-electron chi connectivity index (χ2n) is 8.07. The van der Waals surface area contributed by atoms with Crippen molar-refractivity contribution >= 4 is 82.9 Å². The number of aryl methyl sites for hydroxylation is 1. The van der Waals surface area contributed by atoms with E-state index in [1.165, 1.54) is 0 Å². The number of hydrogen-bond acceptors (Lipinski definition) is 6. The molecular formula is C25H9BrO6. The highest BCUT2D eigenvalue weighted by molar-refractivity contribution is 9.10. The summed E-state index contributed by atoms with van der Waals surface area (Å²) < 4.78 is 10.5. The molecule has 5 aromatic rings. The Morgan fingerprint density at radius 3 is 1.69 bits per heavy atom. The largest absolute Gasteiger partial charge is 0.386 e. The van der Waals surface area contributed by atoms with E-state index in [0.717, 1.165) is 37.9 Å². The highest BCUT2D eigenvalue weighted by Gasteiger charge is 2.34. The van der Waals surface area contributed by atoms with Crippen molar-refractivity contribution < 1.29 is 28.7 Å². The molecule has 0 amide bonds. The van der Waals surface area contributed by atoms with E-state index in [2.05, 4.69) is 15.9 Å². The Labute approximate surface area is 187 Å². The molecule has 0 N–H and O–H groups in total. The number of carbonyl (C=O) groups excluding carboxylic acids is 4. The zero-order valence-electron chi connectivity index (χ0n) is 16.3. The first-order chi connectivity index (χ1) is 15.4. The molecule has 0 atom stereocenters. The predicted octanol–water partition coefficient (Wildman–Crippen LogP) is 5.43. The highest BCUT2D eigenvalue weighted by Crippen LogP contribution is 2.48. The molecule has 0 saturated carbocycles. The maximum Gasteiger partial charge on any atom is 0.346 e. The molecular weight excluding hydrogens is 476 g/mol. The van der Waals surface area contributed by atoms with Crippen molar-refractivity contribution in [3.8, 4) is 0 Å². The average molecular weight is 485 g/mol. The van der Waals surface area contributed by atoms with E-state index in [0.29, 0.717) is 37.5 Å². The Hall–Kier alpha value is -3.84. The maximum atomic E-state index is 12.5. The van der Waals surface area contributed by atoms with Crippen molar-refractivity contribution in [2.45, 2.75) is 6.92 Å².